The number of halogens is 1. The van der Waals surface area contributed by atoms with E-state index in [2.05, 4.69) is 15.9 Å². The highest BCUT2D eigenvalue weighted by Crippen LogP contribution is 2.31. The zero-order valence-electron chi connectivity index (χ0n) is 11.2. The molecule has 0 aromatic carbocycles. The van der Waals surface area contributed by atoms with Gasteiger partial charge in [-0.05, 0) is 38.4 Å². The smallest absolute Gasteiger partial charge is 0.0565 e. The summed E-state index contributed by atoms with van der Waals surface area (Å²) in [6.45, 7) is 5.55. The van der Waals surface area contributed by atoms with E-state index in [4.69, 9.17) is 17.3 Å². The number of fused-ring (bicyclic) bond motifs is 1. The maximum absolute atomic E-state index is 6.06. The Bertz CT molecular complexity index is 423. The van der Waals surface area contributed by atoms with Gasteiger partial charge in [0.05, 0.1) is 11.1 Å². The molecule has 2 N–H and O–H groups in total. The monoisotopic (exact) mass is 299 g/mol. The van der Waals surface area contributed by atoms with Crippen molar-refractivity contribution in [2.75, 3.05) is 32.7 Å². The van der Waals surface area contributed by atoms with E-state index < -0.39 is 0 Å². The van der Waals surface area contributed by atoms with E-state index in [1.807, 2.05) is 5.38 Å². The van der Waals surface area contributed by atoms with Crippen molar-refractivity contribution in [2.24, 2.45) is 5.73 Å². The van der Waals surface area contributed by atoms with E-state index in [9.17, 15) is 0 Å². The number of hydrogen-bond donors (Lipinski definition) is 1. The fraction of sp³-hybridized carbons (Fsp3) is 0.714. The van der Waals surface area contributed by atoms with E-state index >= 15 is 0 Å². The molecule has 2 atom stereocenters. The van der Waals surface area contributed by atoms with E-state index in [0.29, 0.717) is 12.6 Å². The molecule has 106 valence electrons. The van der Waals surface area contributed by atoms with Gasteiger partial charge in [0.1, 0.15) is 0 Å². The summed E-state index contributed by atoms with van der Waals surface area (Å²) in [7, 11) is 0. The fourth-order valence-corrected chi connectivity index (χ4v) is 4.70. The molecule has 3 nitrogen and oxygen atoms in total. The van der Waals surface area contributed by atoms with Gasteiger partial charge in [0, 0.05) is 35.9 Å². The van der Waals surface area contributed by atoms with Crippen molar-refractivity contribution in [2.45, 2.75) is 31.3 Å². The van der Waals surface area contributed by atoms with Crippen molar-refractivity contribution in [3.63, 3.8) is 0 Å². The van der Waals surface area contributed by atoms with Crippen LogP contribution in [0.1, 0.15) is 30.2 Å². The molecule has 2 aliphatic rings. The van der Waals surface area contributed by atoms with Crippen LogP contribution in [0.2, 0.25) is 5.02 Å². The molecule has 0 aliphatic carbocycles. The minimum atomic E-state index is 0.345. The van der Waals surface area contributed by atoms with Crippen LogP contribution in [0, 0.1) is 0 Å². The molecule has 0 spiro atoms. The molecule has 0 amide bonds. The summed E-state index contributed by atoms with van der Waals surface area (Å²) in [6.07, 6.45) is 3.96. The Morgan fingerprint density at radius 3 is 2.95 bits per heavy atom. The number of thiophene rings is 1. The zero-order chi connectivity index (χ0) is 13.2. The Morgan fingerprint density at radius 2 is 2.21 bits per heavy atom. The predicted octanol–water partition coefficient (Wildman–Crippen LogP) is 2.57. The molecule has 3 rings (SSSR count). The molecule has 3 heterocycles. The molecule has 0 bridgehead atoms. The van der Waals surface area contributed by atoms with Gasteiger partial charge in [-0.25, -0.2) is 0 Å². The van der Waals surface area contributed by atoms with Crippen LogP contribution < -0.4 is 5.73 Å². The SMILES string of the molecule is NCC(c1cc(Cl)cs1)N1CCCN2CCCC2C1. The van der Waals surface area contributed by atoms with Crippen LogP contribution in [0.5, 0.6) is 0 Å². The second kappa shape index (κ2) is 6.10. The van der Waals surface area contributed by atoms with Crippen molar-refractivity contribution >= 4 is 22.9 Å². The van der Waals surface area contributed by atoms with Gasteiger partial charge >= 0.3 is 0 Å². The van der Waals surface area contributed by atoms with Crippen molar-refractivity contribution < 1.29 is 0 Å². The summed E-state index contributed by atoms with van der Waals surface area (Å²) < 4.78 is 0. The number of rotatable bonds is 3. The lowest BCUT2D eigenvalue weighted by atomic mass is 10.1. The summed E-state index contributed by atoms with van der Waals surface area (Å²) in [5.74, 6) is 0. The third-order valence-electron chi connectivity index (χ3n) is 4.42. The Hall–Kier alpha value is -0.130. The molecule has 19 heavy (non-hydrogen) atoms. The second-order valence-electron chi connectivity index (χ2n) is 5.60. The third-order valence-corrected chi connectivity index (χ3v) is 5.80. The van der Waals surface area contributed by atoms with Crippen LogP contribution in [-0.2, 0) is 0 Å². The molecule has 2 aliphatic heterocycles. The van der Waals surface area contributed by atoms with E-state index in [1.165, 1.54) is 37.2 Å². The second-order valence-corrected chi connectivity index (χ2v) is 6.98. The van der Waals surface area contributed by atoms with Gasteiger partial charge in [-0.2, -0.15) is 0 Å². The van der Waals surface area contributed by atoms with Gasteiger partial charge in [0.15, 0.2) is 0 Å². The van der Waals surface area contributed by atoms with Gasteiger partial charge in [-0.3, -0.25) is 9.80 Å². The largest absolute Gasteiger partial charge is 0.329 e. The molecule has 1 aromatic rings. The zero-order valence-corrected chi connectivity index (χ0v) is 12.8. The van der Waals surface area contributed by atoms with Crippen molar-refractivity contribution in [1.82, 2.24) is 9.80 Å². The lowest BCUT2D eigenvalue weighted by Gasteiger charge is -2.31. The minimum absolute atomic E-state index is 0.345. The first-order chi connectivity index (χ1) is 9.28. The van der Waals surface area contributed by atoms with Crippen LogP contribution in [0.15, 0.2) is 11.4 Å². The summed E-state index contributed by atoms with van der Waals surface area (Å²) in [5.41, 5.74) is 6.04. The van der Waals surface area contributed by atoms with Gasteiger partial charge in [0.2, 0.25) is 0 Å². The Balaban J connectivity index is 1.75. The lowest BCUT2D eigenvalue weighted by molar-refractivity contribution is 0.178. The fourth-order valence-electron chi connectivity index (χ4n) is 3.47. The average molecular weight is 300 g/mol. The van der Waals surface area contributed by atoms with Crippen LogP contribution in [0.4, 0.5) is 0 Å². The topological polar surface area (TPSA) is 32.5 Å². The van der Waals surface area contributed by atoms with Crippen LogP contribution >= 0.6 is 22.9 Å². The Morgan fingerprint density at radius 1 is 1.37 bits per heavy atom. The van der Waals surface area contributed by atoms with E-state index in [-0.39, 0.29) is 0 Å². The van der Waals surface area contributed by atoms with Crippen molar-refractivity contribution in [3.05, 3.63) is 21.3 Å². The standard InChI is InChI=1S/C14H22ClN3S/c15-11-7-14(19-10-11)13(8-16)18-6-2-5-17-4-1-3-12(17)9-18/h7,10,12-13H,1-6,8-9,16H2. The quantitative estimate of drug-likeness (QED) is 0.931. The first-order valence-corrected chi connectivity index (χ1v) is 8.46. The molecule has 2 fully saturated rings. The Kier molecular flexibility index (Phi) is 4.44. The number of nitrogens with two attached hydrogens (primary N) is 1. The van der Waals surface area contributed by atoms with Crippen molar-refractivity contribution in [3.8, 4) is 0 Å². The average Bonchev–Trinajstić information content (AvgIpc) is 2.96. The van der Waals surface area contributed by atoms with E-state index in [1.54, 1.807) is 11.3 Å². The molecular formula is C14H22ClN3S. The van der Waals surface area contributed by atoms with Gasteiger partial charge < -0.3 is 5.73 Å². The number of hydrogen-bond acceptors (Lipinski definition) is 4. The summed E-state index contributed by atoms with van der Waals surface area (Å²) in [6, 6.07) is 3.17. The number of nitrogens with zero attached hydrogens (tertiary/aromatic N) is 2. The molecule has 5 heteroatoms. The molecule has 1 aromatic heterocycles. The first-order valence-electron chi connectivity index (χ1n) is 7.20. The first kappa shape index (κ1) is 13.8. The van der Waals surface area contributed by atoms with Crippen molar-refractivity contribution in [1.29, 1.82) is 0 Å². The van der Waals surface area contributed by atoms with E-state index in [0.717, 1.165) is 24.2 Å². The molecule has 0 radical (unpaired) electrons. The maximum Gasteiger partial charge on any atom is 0.0565 e. The molecule has 2 unspecified atom stereocenters. The lowest BCUT2D eigenvalue weighted by Crippen LogP contribution is -2.40. The minimum Gasteiger partial charge on any atom is -0.329 e. The third kappa shape index (κ3) is 2.98. The summed E-state index contributed by atoms with van der Waals surface area (Å²) in [4.78, 5) is 6.56. The van der Waals surface area contributed by atoms with Gasteiger partial charge in [-0.15, -0.1) is 11.3 Å². The Labute approximate surface area is 124 Å². The predicted molar refractivity (Wildman–Crippen MR) is 81.9 cm³/mol. The summed E-state index contributed by atoms with van der Waals surface area (Å²) >= 11 is 7.81. The normalized spacial score (nSPS) is 27.2. The van der Waals surface area contributed by atoms with Crippen LogP contribution in [0.25, 0.3) is 0 Å². The highest BCUT2D eigenvalue weighted by molar-refractivity contribution is 7.10. The van der Waals surface area contributed by atoms with Crippen LogP contribution in [-0.4, -0.2) is 48.6 Å². The highest BCUT2D eigenvalue weighted by atomic mass is 35.5. The van der Waals surface area contributed by atoms with Crippen LogP contribution in [0.3, 0.4) is 0 Å². The molecular weight excluding hydrogens is 278 g/mol. The summed E-state index contributed by atoms with van der Waals surface area (Å²) in [5, 5.41) is 2.86. The molecule has 2 saturated heterocycles. The van der Waals surface area contributed by atoms with Gasteiger partial charge in [-0.1, -0.05) is 11.6 Å². The van der Waals surface area contributed by atoms with Gasteiger partial charge in [0.25, 0.3) is 0 Å². The molecule has 0 saturated carbocycles. The maximum atomic E-state index is 6.06. The highest BCUT2D eigenvalue weighted by Gasteiger charge is 2.31.